The molecule has 0 saturated carbocycles. The average Bonchev–Trinajstić information content (AvgIpc) is 2.76. The molecular weight excluding hydrogens is 416 g/mol. The van der Waals surface area contributed by atoms with Gasteiger partial charge in [0.15, 0.2) is 5.82 Å². The number of nitrogens with zero attached hydrogens (tertiary/aromatic N) is 3. The number of aromatic nitrogens is 3. The summed E-state index contributed by atoms with van der Waals surface area (Å²) >= 11 is 0. The molecular formula is C23H21F2N5O2. The van der Waals surface area contributed by atoms with Crippen molar-refractivity contribution in [2.45, 2.75) is 13.0 Å². The van der Waals surface area contributed by atoms with Crippen molar-refractivity contribution in [3.8, 4) is 28.3 Å². The van der Waals surface area contributed by atoms with Crippen LogP contribution < -0.4 is 11.3 Å². The summed E-state index contributed by atoms with van der Waals surface area (Å²) in [5, 5.41) is 10.5. The molecule has 0 aliphatic rings. The molecule has 0 radical (unpaired) electrons. The summed E-state index contributed by atoms with van der Waals surface area (Å²) in [5.41, 5.74) is 6.97. The highest BCUT2D eigenvalue weighted by Gasteiger charge is 2.19. The van der Waals surface area contributed by atoms with Crippen LogP contribution in [0.3, 0.4) is 0 Å². The van der Waals surface area contributed by atoms with Gasteiger partial charge in [0.05, 0.1) is 0 Å². The number of hydrogen-bond acceptors (Lipinski definition) is 6. The van der Waals surface area contributed by atoms with Crippen LogP contribution >= 0.6 is 0 Å². The lowest BCUT2D eigenvalue weighted by Gasteiger charge is -2.21. The second-order valence-corrected chi connectivity index (χ2v) is 7.74. The zero-order valence-electron chi connectivity index (χ0n) is 17.6. The maximum atomic E-state index is 14.8. The Morgan fingerprint density at radius 1 is 1.03 bits per heavy atom. The van der Waals surface area contributed by atoms with E-state index in [1.807, 2.05) is 25.9 Å². The van der Waals surface area contributed by atoms with Crippen LogP contribution in [-0.4, -0.2) is 39.1 Å². The van der Waals surface area contributed by atoms with Gasteiger partial charge in [0.25, 0.3) is 5.56 Å². The number of nitrogens with one attached hydrogen (secondary N) is 1. The highest BCUT2D eigenvalue weighted by atomic mass is 19.1. The Morgan fingerprint density at radius 2 is 1.72 bits per heavy atom. The van der Waals surface area contributed by atoms with Crippen LogP contribution in [0.5, 0.6) is 5.75 Å². The van der Waals surface area contributed by atoms with Crippen LogP contribution in [0.15, 0.2) is 47.4 Å². The molecule has 4 aromatic rings. The minimum atomic E-state index is -0.871. The molecule has 4 N–H and O–H groups in total. The van der Waals surface area contributed by atoms with E-state index in [0.717, 1.165) is 6.20 Å². The van der Waals surface area contributed by atoms with Gasteiger partial charge >= 0.3 is 0 Å². The van der Waals surface area contributed by atoms with Gasteiger partial charge in [-0.15, -0.1) is 0 Å². The molecule has 164 valence electrons. The van der Waals surface area contributed by atoms with Gasteiger partial charge in [0.2, 0.25) is 5.95 Å². The predicted octanol–water partition coefficient (Wildman–Crippen LogP) is 3.84. The van der Waals surface area contributed by atoms with Gasteiger partial charge in [-0.05, 0) is 51.4 Å². The van der Waals surface area contributed by atoms with E-state index in [9.17, 15) is 18.7 Å². The first-order chi connectivity index (χ1) is 15.2. The number of phenols is 1. The van der Waals surface area contributed by atoms with E-state index < -0.39 is 17.3 Å². The smallest absolute Gasteiger partial charge is 0.256 e. The van der Waals surface area contributed by atoms with Crippen molar-refractivity contribution < 1.29 is 13.9 Å². The number of hydrogen-bond donors (Lipinski definition) is 3. The van der Waals surface area contributed by atoms with Crippen molar-refractivity contribution in [3.05, 3.63) is 70.3 Å². The number of pyridine rings is 1. The number of aromatic amines is 1. The minimum absolute atomic E-state index is 0.0621. The van der Waals surface area contributed by atoms with Gasteiger partial charge < -0.3 is 20.7 Å². The molecule has 0 spiro atoms. The molecule has 0 bridgehead atoms. The molecule has 4 rings (SSSR count). The fourth-order valence-corrected chi connectivity index (χ4v) is 3.51. The number of rotatable bonds is 4. The lowest BCUT2D eigenvalue weighted by Crippen LogP contribution is -2.17. The quantitative estimate of drug-likeness (QED) is 0.448. The van der Waals surface area contributed by atoms with E-state index in [4.69, 9.17) is 5.73 Å². The van der Waals surface area contributed by atoms with Gasteiger partial charge in [0, 0.05) is 39.7 Å². The number of phenolic OH excluding ortho intramolecular Hbond substituents is 1. The number of nitrogen functional groups attached to an aromatic ring is 1. The fraction of sp³-hybridized carbons (Fsp3) is 0.174. The minimum Gasteiger partial charge on any atom is -0.508 e. The van der Waals surface area contributed by atoms with Crippen LogP contribution in [0, 0.1) is 11.8 Å². The summed E-state index contributed by atoms with van der Waals surface area (Å²) in [6.07, 6.45) is 0.976. The summed E-state index contributed by atoms with van der Waals surface area (Å²) in [4.78, 5) is 24.3. The molecule has 2 aromatic carbocycles. The zero-order chi connectivity index (χ0) is 23.2. The monoisotopic (exact) mass is 437 g/mol. The van der Waals surface area contributed by atoms with Crippen molar-refractivity contribution >= 4 is 16.6 Å². The Kier molecular flexibility index (Phi) is 5.35. The zero-order valence-corrected chi connectivity index (χ0v) is 17.6. The lowest BCUT2D eigenvalue weighted by atomic mass is 10.0. The number of nitrogens with two attached hydrogens (primary N) is 1. The Bertz CT molecular complexity index is 1400. The first-order valence-corrected chi connectivity index (χ1v) is 9.81. The molecule has 32 heavy (non-hydrogen) atoms. The molecule has 0 fully saturated rings. The highest BCUT2D eigenvalue weighted by molar-refractivity contribution is 5.88. The van der Waals surface area contributed by atoms with E-state index in [1.54, 1.807) is 12.1 Å². The van der Waals surface area contributed by atoms with Gasteiger partial charge in [0.1, 0.15) is 23.0 Å². The fourth-order valence-electron chi connectivity index (χ4n) is 3.51. The van der Waals surface area contributed by atoms with Crippen LogP contribution in [0.1, 0.15) is 18.5 Å². The Balaban J connectivity index is 1.89. The average molecular weight is 437 g/mol. The summed E-state index contributed by atoms with van der Waals surface area (Å²) < 4.78 is 29.0. The van der Waals surface area contributed by atoms with Crippen LogP contribution in [0.2, 0.25) is 0 Å². The van der Waals surface area contributed by atoms with Crippen molar-refractivity contribution in [3.63, 3.8) is 0 Å². The molecule has 9 heteroatoms. The lowest BCUT2D eigenvalue weighted by molar-refractivity contribution is 0.312. The van der Waals surface area contributed by atoms with Gasteiger partial charge in [-0.2, -0.15) is 9.37 Å². The Hall–Kier alpha value is -3.85. The predicted molar refractivity (Wildman–Crippen MR) is 119 cm³/mol. The van der Waals surface area contributed by atoms with Crippen molar-refractivity contribution in [2.75, 3.05) is 19.8 Å². The molecule has 0 aliphatic carbocycles. The summed E-state index contributed by atoms with van der Waals surface area (Å²) in [7, 11) is 3.73. The van der Waals surface area contributed by atoms with Crippen molar-refractivity contribution in [2.24, 2.45) is 0 Å². The Labute approximate surface area is 182 Å². The number of fused-ring (bicyclic) bond motifs is 1. The Morgan fingerprint density at radius 3 is 2.44 bits per heavy atom. The summed E-state index contributed by atoms with van der Waals surface area (Å²) in [5.74, 6) is -1.58. The molecule has 1 unspecified atom stereocenters. The molecule has 2 aromatic heterocycles. The molecule has 1 atom stereocenters. The van der Waals surface area contributed by atoms with Crippen LogP contribution in [0.4, 0.5) is 14.6 Å². The number of H-pyrrole nitrogens is 1. The maximum absolute atomic E-state index is 14.8. The SMILES string of the molecule is CC(c1cc(-c2nc(-c3ccc4c(=O)[nH]cc(F)c4c3)c(N)nc2F)ccc1O)N(C)C. The van der Waals surface area contributed by atoms with E-state index in [2.05, 4.69) is 15.0 Å². The summed E-state index contributed by atoms with van der Waals surface area (Å²) in [6.45, 7) is 1.90. The first-order valence-electron chi connectivity index (χ1n) is 9.81. The second-order valence-electron chi connectivity index (χ2n) is 7.74. The third-order valence-corrected chi connectivity index (χ3v) is 5.53. The third-order valence-electron chi connectivity index (χ3n) is 5.53. The topological polar surface area (TPSA) is 108 Å². The largest absolute Gasteiger partial charge is 0.508 e. The van der Waals surface area contributed by atoms with E-state index in [1.165, 1.54) is 24.3 Å². The summed E-state index contributed by atoms with van der Waals surface area (Å²) in [6, 6.07) is 8.95. The molecule has 0 saturated heterocycles. The van der Waals surface area contributed by atoms with Gasteiger partial charge in [-0.3, -0.25) is 4.79 Å². The maximum Gasteiger partial charge on any atom is 0.256 e. The number of benzene rings is 2. The van der Waals surface area contributed by atoms with Crippen LogP contribution in [0.25, 0.3) is 33.3 Å². The molecule has 2 heterocycles. The van der Waals surface area contributed by atoms with Gasteiger partial charge in [-0.25, -0.2) is 9.37 Å². The normalized spacial score (nSPS) is 12.4. The highest BCUT2D eigenvalue weighted by Crippen LogP contribution is 2.34. The number of halogens is 2. The number of aromatic hydroxyl groups is 1. The molecule has 0 aliphatic heterocycles. The van der Waals surface area contributed by atoms with Crippen LogP contribution in [-0.2, 0) is 0 Å². The third kappa shape index (κ3) is 3.67. The molecule has 0 amide bonds. The van der Waals surface area contributed by atoms with Gasteiger partial charge in [-0.1, -0.05) is 6.07 Å². The molecule has 7 nitrogen and oxygen atoms in total. The van der Waals surface area contributed by atoms with Crippen molar-refractivity contribution in [1.29, 1.82) is 0 Å². The van der Waals surface area contributed by atoms with E-state index >= 15 is 0 Å². The first kappa shape index (κ1) is 21.4. The number of anilines is 1. The van der Waals surface area contributed by atoms with E-state index in [-0.39, 0.29) is 39.8 Å². The standard InChI is InChI=1S/C23H21F2N5O2/c1-11(30(2)3)15-8-12(5-7-18(15)31)19-21(25)29-22(26)20(28-19)13-4-6-14-16(9-13)17(24)10-27-23(14)32/h4-11,31H,1-3H3,(H2,26,29)(H,27,32). The second kappa shape index (κ2) is 8.01. The van der Waals surface area contributed by atoms with Crippen molar-refractivity contribution in [1.82, 2.24) is 19.9 Å². The van der Waals surface area contributed by atoms with E-state index in [0.29, 0.717) is 16.7 Å².